The van der Waals surface area contributed by atoms with Crippen LogP contribution in [0, 0.1) is 0 Å². The van der Waals surface area contributed by atoms with Crippen molar-refractivity contribution >= 4 is 40.5 Å². The van der Waals surface area contributed by atoms with Crippen molar-refractivity contribution in [2.45, 2.75) is 87.1 Å². The summed E-state index contributed by atoms with van der Waals surface area (Å²) in [6, 6.07) is 36.1. The van der Waals surface area contributed by atoms with Crippen LogP contribution in [0.2, 0.25) is 0 Å². The van der Waals surface area contributed by atoms with Crippen molar-refractivity contribution in [2.75, 3.05) is 25.5 Å². The van der Waals surface area contributed by atoms with Gasteiger partial charge in [0.1, 0.15) is 0 Å². The number of fused-ring (bicyclic) bond motifs is 4. The second kappa shape index (κ2) is 31.6. The summed E-state index contributed by atoms with van der Waals surface area (Å²) in [6.07, 6.45) is 28.9. The highest BCUT2D eigenvalue weighted by Crippen LogP contribution is 2.40. The van der Waals surface area contributed by atoms with Crippen molar-refractivity contribution < 1.29 is 0 Å². The third kappa shape index (κ3) is 16.1. The summed E-state index contributed by atoms with van der Waals surface area (Å²) in [5, 5.41) is 3.97. The standard InChI is InChI=1S/C42H39N3.C7H9N.C3H6.C2H7N.3C2H6/c1-30-12-10-11-24-44(36-15-4-3-5-16-36)25-23-39-38-17-8-9-18-41(38)45(42(39)26-31(30)2)37-22-21-35(28-37)40(29-43)34-20-19-32-13-6-7-14-33(32)27-34;8-6-7-4-2-1-3-5-7;2*1-3-2;3*1-2/h3-6,8-13,15-27,40H,1,7,14,28-29,43H2,2H3;1-5H,6,8H2;3H,1H2,2H3;3H,1-2H3;3*1-2H3/b12-10-,24-11-,25-23?,31-26+;;;;;;. The predicted octanol–water partition coefficient (Wildman–Crippen LogP) is 15.3. The summed E-state index contributed by atoms with van der Waals surface area (Å²) in [6.45, 7) is 25.0. The molecule has 4 aromatic carbocycles. The maximum absolute atomic E-state index is 6.49. The first kappa shape index (κ1) is 54.9. The van der Waals surface area contributed by atoms with Crippen molar-refractivity contribution in [3.05, 3.63) is 221 Å². The van der Waals surface area contributed by atoms with Crippen LogP contribution in [0.15, 0.2) is 188 Å². The zero-order valence-electron chi connectivity index (χ0n) is 41.3. The Bertz CT molecular complexity index is 2380. The van der Waals surface area contributed by atoms with E-state index in [0.717, 1.165) is 41.8 Å². The van der Waals surface area contributed by atoms with E-state index in [0.29, 0.717) is 13.1 Å². The van der Waals surface area contributed by atoms with Crippen molar-refractivity contribution in [1.29, 1.82) is 0 Å². The van der Waals surface area contributed by atoms with Gasteiger partial charge < -0.3 is 26.3 Å². The molecule has 0 bridgehead atoms. The number of anilines is 1. The molecule has 8 rings (SSSR count). The van der Waals surface area contributed by atoms with Gasteiger partial charge in [-0.05, 0) is 117 Å². The number of hydrogen-bond acceptors (Lipinski definition) is 4. The summed E-state index contributed by atoms with van der Waals surface area (Å²) in [4.78, 5) is 2.16. The van der Waals surface area contributed by atoms with Gasteiger partial charge in [0.2, 0.25) is 0 Å². The monoisotopic (exact) mass is 870 g/mol. The van der Waals surface area contributed by atoms with Gasteiger partial charge in [-0.25, -0.2) is 0 Å². The van der Waals surface area contributed by atoms with Gasteiger partial charge in [0.15, 0.2) is 0 Å². The van der Waals surface area contributed by atoms with E-state index in [1.54, 1.807) is 6.08 Å². The number of para-hydroxylation sites is 2. The molecule has 2 aliphatic carbocycles. The Kier molecular flexibility index (Phi) is 26.7. The maximum Gasteiger partial charge on any atom is 0.0541 e. The van der Waals surface area contributed by atoms with Gasteiger partial charge in [-0.1, -0.05) is 175 Å². The Morgan fingerprint density at radius 1 is 0.769 bits per heavy atom. The molecule has 2 heterocycles. The molecule has 0 amide bonds. The highest BCUT2D eigenvalue weighted by Gasteiger charge is 2.24. The van der Waals surface area contributed by atoms with Gasteiger partial charge >= 0.3 is 0 Å². The number of nitrogens with zero attached hydrogens (tertiary/aromatic N) is 2. The van der Waals surface area contributed by atoms with Crippen molar-refractivity contribution in [2.24, 2.45) is 11.5 Å². The molecule has 0 saturated carbocycles. The number of aromatic nitrogens is 1. The number of nitrogens with one attached hydrogen (secondary N) is 1. The van der Waals surface area contributed by atoms with Gasteiger partial charge in [0.05, 0.1) is 11.2 Å². The van der Waals surface area contributed by atoms with Crippen LogP contribution in [-0.2, 0) is 13.0 Å². The van der Waals surface area contributed by atoms with E-state index >= 15 is 0 Å². The van der Waals surface area contributed by atoms with Crippen LogP contribution in [0.4, 0.5) is 5.69 Å². The number of hydrogen-bond donors (Lipinski definition) is 3. The second-order valence-corrected chi connectivity index (χ2v) is 14.6. The van der Waals surface area contributed by atoms with Crippen LogP contribution in [0.25, 0.3) is 34.8 Å². The summed E-state index contributed by atoms with van der Waals surface area (Å²) in [5.41, 5.74) is 26.5. The first-order chi connectivity index (χ1) is 31.9. The highest BCUT2D eigenvalue weighted by atomic mass is 15.1. The molecular formula is C60H79N5. The Hall–Kier alpha value is -6.24. The fraction of sp³-hybridized carbons (Fsp3) is 0.267. The lowest BCUT2D eigenvalue weighted by Gasteiger charge is -2.21. The SMILES string of the molecule is C=C1/C=C\C=C/N(c2ccccc2)C=Cc2c(n(C3=CC=C(C(CN)c4ccc5c(c4)CCC=C5)C3)c3ccccc23)/C=C/1C.C=CC.CC.CC.CC.CNC.NCc1ccccc1. The molecule has 5 heteroatoms. The molecule has 5 aromatic rings. The average Bonchev–Trinajstić information content (AvgIpc) is 3.96. The van der Waals surface area contributed by atoms with Crippen LogP contribution in [0.5, 0.6) is 0 Å². The van der Waals surface area contributed by atoms with Gasteiger partial charge in [0, 0.05) is 60.2 Å². The number of nitrogens with two attached hydrogens (primary N) is 2. The zero-order chi connectivity index (χ0) is 48.0. The summed E-state index contributed by atoms with van der Waals surface area (Å²) >= 11 is 0. The molecule has 0 fully saturated rings. The second-order valence-electron chi connectivity index (χ2n) is 14.6. The van der Waals surface area contributed by atoms with Gasteiger partial charge in [0.25, 0.3) is 0 Å². The number of benzene rings is 4. The number of allylic oxidation sites excluding steroid dienone is 10. The lowest BCUT2D eigenvalue weighted by Crippen LogP contribution is -2.15. The molecule has 3 aliphatic rings. The summed E-state index contributed by atoms with van der Waals surface area (Å²) < 4.78 is 2.44. The molecule has 0 spiro atoms. The number of rotatable bonds is 6. The van der Waals surface area contributed by atoms with Crippen molar-refractivity contribution in [3.8, 4) is 0 Å². The smallest absolute Gasteiger partial charge is 0.0541 e. The molecule has 1 atom stereocenters. The average molecular weight is 870 g/mol. The molecule has 1 aromatic heterocycles. The molecule has 0 radical (unpaired) electrons. The molecule has 65 heavy (non-hydrogen) atoms. The predicted molar refractivity (Wildman–Crippen MR) is 293 cm³/mol. The Morgan fingerprint density at radius 3 is 2.03 bits per heavy atom. The first-order valence-electron chi connectivity index (χ1n) is 23.5. The lowest BCUT2D eigenvalue weighted by molar-refractivity contribution is 0.779. The van der Waals surface area contributed by atoms with Gasteiger partial charge in [-0.2, -0.15) is 0 Å². The third-order valence-corrected chi connectivity index (χ3v) is 10.3. The normalized spacial score (nSPS) is 15.4. The largest absolute Gasteiger partial charge is 0.330 e. The molecule has 344 valence electrons. The minimum Gasteiger partial charge on any atom is -0.330 e. The number of aryl methyl sites for hydroxylation is 1. The zero-order valence-corrected chi connectivity index (χ0v) is 41.3. The van der Waals surface area contributed by atoms with Crippen LogP contribution >= 0.6 is 0 Å². The highest BCUT2D eigenvalue weighted by molar-refractivity contribution is 5.97. The Balaban J connectivity index is 0.000000617. The minimum absolute atomic E-state index is 0.186. The molecule has 0 saturated heterocycles. The van der Waals surface area contributed by atoms with Crippen LogP contribution in [-0.4, -0.2) is 25.2 Å². The van der Waals surface area contributed by atoms with E-state index in [-0.39, 0.29) is 5.92 Å². The topological polar surface area (TPSA) is 72.2 Å². The maximum atomic E-state index is 6.49. The lowest BCUT2D eigenvalue weighted by atomic mass is 9.86. The molecule has 1 unspecified atom stereocenters. The molecule has 5 nitrogen and oxygen atoms in total. The van der Waals surface area contributed by atoms with Gasteiger partial charge in [-0.15, -0.1) is 6.58 Å². The van der Waals surface area contributed by atoms with E-state index in [4.69, 9.17) is 11.5 Å². The molecule has 5 N–H and O–H groups in total. The van der Waals surface area contributed by atoms with Crippen LogP contribution in [0.1, 0.15) is 108 Å². The third-order valence-electron chi connectivity index (χ3n) is 10.3. The van der Waals surface area contributed by atoms with E-state index < -0.39 is 0 Å². The van der Waals surface area contributed by atoms with E-state index in [9.17, 15) is 0 Å². The fourth-order valence-electron chi connectivity index (χ4n) is 7.34. The van der Waals surface area contributed by atoms with Crippen LogP contribution < -0.4 is 21.7 Å². The van der Waals surface area contributed by atoms with Crippen molar-refractivity contribution in [1.82, 2.24) is 9.88 Å². The molecule has 1 aliphatic heterocycles. The van der Waals surface area contributed by atoms with E-state index in [1.807, 2.05) is 99.0 Å². The first-order valence-corrected chi connectivity index (χ1v) is 23.5. The summed E-state index contributed by atoms with van der Waals surface area (Å²) in [5.74, 6) is 0.186. The minimum atomic E-state index is 0.186. The van der Waals surface area contributed by atoms with E-state index in [2.05, 4.69) is 169 Å². The Labute approximate surface area is 394 Å². The van der Waals surface area contributed by atoms with Gasteiger partial charge in [-0.3, -0.25) is 0 Å². The quantitative estimate of drug-likeness (QED) is 0.149. The molecular weight excluding hydrogens is 791 g/mol. The van der Waals surface area contributed by atoms with E-state index in [1.165, 1.54) is 50.0 Å². The van der Waals surface area contributed by atoms with Crippen LogP contribution in [0.3, 0.4) is 0 Å². The Morgan fingerprint density at radius 2 is 1.40 bits per heavy atom. The summed E-state index contributed by atoms with van der Waals surface area (Å²) in [7, 11) is 3.75. The van der Waals surface area contributed by atoms with Crippen molar-refractivity contribution in [3.63, 3.8) is 0 Å². The fourth-order valence-corrected chi connectivity index (χ4v) is 7.34.